The number of hydrogen-bond acceptors (Lipinski definition) is 2. The molecule has 0 bridgehead atoms. The topological polar surface area (TPSA) is 38.4 Å². The zero-order chi connectivity index (χ0) is 14.9. The fraction of sp³-hybridized carbons (Fsp3) is 0.533. The van der Waals surface area contributed by atoms with E-state index in [9.17, 15) is 8.78 Å². The van der Waals surface area contributed by atoms with Crippen LogP contribution < -0.4 is 5.73 Å². The highest BCUT2D eigenvalue weighted by Crippen LogP contribution is 2.34. The molecule has 0 radical (unpaired) electrons. The van der Waals surface area contributed by atoms with Gasteiger partial charge in [0.25, 0.3) is 0 Å². The van der Waals surface area contributed by atoms with E-state index in [1.807, 2.05) is 6.92 Å². The molecule has 0 spiro atoms. The number of thioether (sulfide) groups is 1. The highest BCUT2D eigenvalue weighted by atomic mass is 32.2. The van der Waals surface area contributed by atoms with Crippen molar-refractivity contribution < 1.29 is 8.78 Å². The lowest BCUT2D eigenvalue weighted by molar-refractivity contribution is 0.253. The number of nitrogens with zero attached hydrogens (tertiary/aromatic N) is 1. The first-order valence-corrected chi connectivity index (χ1v) is 7.71. The number of nitrogens with two attached hydrogens (primary N) is 1. The van der Waals surface area contributed by atoms with Crippen LogP contribution in [-0.4, -0.2) is 17.3 Å². The summed E-state index contributed by atoms with van der Waals surface area (Å²) in [4.78, 5) is 5.03. The van der Waals surface area contributed by atoms with Gasteiger partial charge in [-0.25, -0.2) is 13.8 Å². The summed E-state index contributed by atoms with van der Waals surface area (Å²) >= 11 is 1.38. The van der Waals surface area contributed by atoms with E-state index in [0.29, 0.717) is 17.5 Å². The lowest BCUT2D eigenvalue weighted by Gasteiger charge is -2.15. The van der Waals surface area contributed by atoms with Gasteiger partial charge in [-0.15, -0.1) is 11.8 Å². The number of amidine groups is 1. The third kappa shape index (κ3) is 4.20. The Bertz CT molecular complexity index is 531. The van der Waals surface area contributed by atoms with Crippen molar-refractivity contribution in [2.24, 2.45) is 16.6 Å². The lowest BCUT2D eigenvalue weighted by Crippen LogP contribution is -2.15. The predicted molar refractivity (Wildman–Crippen MR) is 81.1 cm³/mol. The van der Waals surface area contributed by atoms with Gasteiger partial charge in [0.05, 0.1) is 0 Å². The van der Waals surface area contributed by atoms with Crippen molar-refractivity contribution >= 4 is 23.3 Å². The molecule has 0 aromatic heterocycles. The Morgan fingerprint density at radius 3 is 2.65 bits per heavy atom. The van der Waals surface area contributed by atoms with Gasteiger partial charge in [-0.1, -0.05) is 0 Å². The fourth-order valence-electron chi connectivity index (χ4n) is 1.74. The van der Waals surface area contributed by atoms with Gasteiger partial charge < -0.3 is 5.73 Å². The molecule has 2 N–H and O–H groups in total. The molecule has 1 aliphatic carbocycles. The summed E-state index contributed by atoms with van der Waals surface area (Å²) in [6.07, 6.45) is 2.06. The molecule has 0 atom stereocenters. The average Bonchev–Trinajstić information content (AvgIpc) is 3.13. The van der Waals surface area contributed by atoms with Crippen molar-refractivity contribution in [3.8, 4) is 0 Å². The Balaban J connectivity index is 2.22. The first kappa shape index (κ1) is 15.3. The van der Waals surface area contributed by atoms with Crippen LogP contribution >= 0.6 is 11.8 Å². The molecule has 2 rings (SSSR count). The third-order valence-corrected chi connectivity index (χ3v) is 4.64. The van der Waals surface area contributed by atoms with Crippen molar-refractivity contribution in [1.82, 2.24) is 0 Å². The molecule has 1 saturated carbocycles. The molecule has 5 heteroatoms. The molecule has 2 nitrogen and oxygen atoms in total. The molecule has 0 amide bonds. The molecule has 1 aromatic carbocycles. The standard InChI is InChI=1S/C15H20F2N2S/c1-9-6-11(16)12(19-14(18)10-4-5-10)7-13(9)20-8-15(2,3)17/h6-7,10H,4-5,8H2,1-3H3,(H2,18,19). The number of rotatable bonds is 5. The largest absolute Gasteiger partial charge is 0.387 e. The van der Waals surface area contributed by atoms with Crippen molar-refractivity contribution in [3.05, 3.63) is 23.5 Å². The summed E-state index contributed by atoms with van der Waals surface area (Å²) in [5.74, 6) is 0.738. The van der Waals surface area contributed by atoms with Crippen LogP contribution in [0.4, 0.5) is 14.5 Å². The van der Waals surface area contributed by atoms with Gasteiger partial charge in [0.2, 0.25) is 0 Å². The van der Waals surface area contributed by atoms with Crippen LogP contribution in [0.2, 0.25) is 0 Å². The first-order valence-electron chi connectivity index (χ1n) is 6.72. The summed E-state index contributed by atoms with van der Waals surface area (Å²) in [5, 5.41) is 0. The maximum Gasteiger partial charge on any atom is 0.149 e. The number of hydrogen-bond donors (Lipinski definition) is 1. The minimum Gasteiger partial charge on any atom is -0.387 e. The van der Waals surface area contributed by atoms with Crippen LogP contribution in [0.1, 0.15) is 32.3 Å². The number of aryl methyl sites for hydroxylation is 1. The Hall–Kier alpha value is -1.10. The fourth-order valence-corrected chi connectivity index (χ4v) is 2.72. The van der Waals surface area contributed by atoms with Crippen molar-refractivity contribution in [3.63, 3.8) is 0 Å². The van der Waals surface area contributed by atoms with Crippen LogP contribution in [0.5, 0.6) is 0 Å². The second kappa shape index (κ2) is 5.72. The second-order valence-electron chi connectivity index (χ2n) is 5.89. The quantitative estimate of drug-likeness (QED) is 0.498. The van der Waals surface area contributed by atoms with Crippen LogP contribution in [0, 0.1) is 18.7 Å². The smallest absolute Gasteiger partial charge is 0.149 e. The minimum absolute atomic E-state index is 0.249. The monoisotopic (exact) mass is 298 g/mol. The molecule has 110 valence electrons. The predicted octanol–water partition coefficient (Wildman–Crippen LogP) is 4.37. The van der Waals surface area contributed by atoms with Crippen molar-refractivity contribution in [2.45, 2.75) is 44.2 Å². The molecule has 0 heterocycles. The molecule has 1 fully saturated rings. The van der Waals surface area contributed by atoms with E-state index in [2.05, 4.69) is 4.99 Å². The van der Waals surface area contributed by atoms with E-state index in [1.165, 1.54) is 31.7 Å². The molecule has 1 aliphatic rings. The number of benzene rings is 1. The molecular formula is C15H20F2N2S. The Kier molecular flexibility index (Phi) is 4.37. The van der Waals surface area contributed by atoms with Gasteiger partial charge in [-0.3, -0.25) is 0 Å². The molecule has 1 aromatic rings. The summed E-state index contributed by atoms with van der Waals surface area (Å²) in [5.41, 5.74) is 5.61. The van der Waals surface area contributed by atoms with Gasteiger partial charge in [-0.2, -0.15) is 0 Å². The Morgan fingerprint density at radius 2 is 2.10 bits per heavy atom. The normalized spacial score (nSPS) is 16.6. The van der Waals surface area contributed by atoms with E-state index in [4.69, 9.17) is 5.73 Å². The number of alkyl halides is 1. The molecule has 0 saturated heterocycles. The van der Waals surface area contributed by atoms with Crippen LogP contribution in [0.15, 0.2) is 22.0 Å². The zero-order valence-corrected chi connectivity index (χ0v) is 12.9. The molecule has 0 unspecified atom stereocenters. The Labute approximate surface area is 122 Å². The summed E-state index contributed by atoms with van der Waals surface area (Å²) in [7, 11) is 0. The number of aliphatic imine (C=N–C) groups is 1. The van der Waals surface area contributed by atoms with Gasteiger partial charge in [-0.05, 0) is 51.3 Å². The van der Waals surface area contributed by atoms with Crippen LogP contribution in [0.25, 0.3) is 0 Å². The molecule has 20 heavy (non-hydrogen) atoms. The van der Waals surface area contributed by atoms with E-state index >= 15 is 0 Å². The van der Waals surface area contributed by atoms with Gasteiger partial charge >= 0.3 is 0 Å². The van der Waals surface area contributed by atoms with Gasteiger partial charge in [0.15, 0.2) is 0 Å². The maximum atomic E-state index is 13.9. The van der Waals surface area contributed by atoms with Crippen LogP contribution in [0.3, 0.4) is 0 Å². The molecular weight excluding hydrogens is 278 g/mol. The van der Waals surface area contributed by atoms with E-state index in [1.54, 1.807) is 6.07 Å². The summed E-state index contributed by atoms with van der Waals surface area (Å²) < 4.78 is 27.5. The molecule has 0 aliphatic heterocycles. The first-order chi connectivity index (χ1) is 9.26. The van der Waals surface area contributed by atoms with E-state index < -0.39 is 5.67 Å². The van der Waals surface area contributed by atoms with Crippen LogP contribution in [-0.2, 0) is 0 Å². The third-order valence-electron chi connectivity index (χ3n) is 3.06. The van der Waals surface area contributed by atoms with Gasteiger partial charge in [0.1, 0.15) is 23.0 Å². The minimum atomic E-state index is -1.26. The van der Waals surface area contributed by atoms with Crippen molar-refractivity contribution in [1.29, 1.82) is 0 Å². The lowest BCUT2D eigenvalue weighted by atomic mass is 10.2. The van der Waals surface area contributed by atoms with E-state index in [-0.39, 0.29) is 11.5 Å². The van der Waals surface area contributed by atoms with Gasteiger partial charge in [0, 0.05) is 16.6 Å². The van der Waals surface area contributed by atoms with E-state index in [0.717, 1.165) is 23.3 Å². The SMILES string of the molecule is Cc1cc(F)c(N=C(N)C2CC2)cc1SCC(C)(C)F. The Morgan fingerprint density at radius 1 is 1.45 bits per heavy atom. The number of halogens is 2. The highest BCUT2D eigenvalue weighted by Gasteiger charge is 2.26. The second-order valence-corrected chi connectivity index (χ2v) is 6.90. The van der Waals surface area contributed by atoms with Crippen molar-refractivity contribution in [2.75, 3.05) is 5.75 Å². The summed E-state index contributed by atoms with van der Waals surface area (Å²) in [6, 6.07) is 3.10. The highest BCUT2D eigenvalue weighted by molar-refractivity contribution is 7.99. The maximum absolute atomic E-state index is 13.9. The summed E-state index contributed by atoms with van der Waals surface area (Å²) in [6.45, 7) is 4.88. The zero-order valence-electron chi connectivity index (χ0n) is 12.0. The average molecular weight is 298 g/mol.